The summed E-state index contributed by atoms with van der Waals surface area (Å²) in [6, 6.07) is 9.52. The molecule has 2 N–H and O–H groups in total. The lowest BCUT2D eigenvalue weighted by Crippen LogP contribution is -2.38. The first-order chi connectivity index (χ1) is 14.2. The lowest BCUT2D eigenvalue weighted by atomic mass is 9.76. The standard InChI is InChI=1S/C22H24F5N3O/c1-20(29-19(28)30(3)4,16-6-5-7-17(12-16)22(25,26)27)18(13-31)14-8-10-15(11-9-14)21(2,23)24/h5-13,18H,1-4H3,(H2,28,29). The smallest absolute Gasteiger partial charge is 0.370 e. The van der Waals surface area contributed by atoms with E-state index in [4.69, 9.17) is 5.73 Å². The van der Waals surface area contributed by atoms with E-state index in [0.717, 1.165) is 19.1 Å². The van der Waals surface area contributed by atoms with Crippen LogP contribution in [0.25, 0.3) is 0 Å². The van der Waals surface area contributed by atoms with Gasteiger partial charge < -0.3 is 15.4 Å². The van der Waals surface area contributed by atoms with Gasteiger partial charge in [0.15, 0.2) is 5.96 Å². The molecule has 0 spiro atoms. The molecule has 2 aromatic carbocycles. The van der Waals surface area contributed by atoms with Crippen LogP contribution in [-0.2, 0) is 22.4 Å². The summed E-state index contributed by atoms with van der Waals surface area (Å²) in [6.07, 6.45) is -4.06. The monoisotopic (exact) mass is 441 g/mol. The van der Waals surface area contributed by atoms with Crippen LogP contribution in [0, 0.1) is 0 Å². The molecule has 0 aromatic heterocycles. The summed E-state index contributed by atoms with van der Waals surface area (Å²) in [5.74, 6) is -4.18. The van der Waals surface area contributed by atoms with Gasteiger partial charge in [-0.15, -0.1) is 0 Å². The third kappa shape index (κ3) is 5.39. The first-order valence-corrected chi connectivity index (χ1v) is 9.34. The fourth-order valence-electron chi connectivity index (χ4n) is 3.18. The molecule has 168 valence electrons. The number of rotatable bonds is 6. The maximum absolute atomic E-state index is 13.6. The second-order valence-electron chi connectivity index (χ2n) is 7.71. The largest absolute Gasteiger partial charge is 0.416 e. The van der Waals surface area contributed by atoms with E-state index in [-0.39, 0.29) is 17.1 Å². The maximum atomic E-state index is 13.6. The molecule has 0 radical (unpaired) electrons. The van der Waals surface area contributed by atoms with Gasteiger partial charge >= 0.3 is 6.18 Å². The SMILES string of the molecule is CN(C)C(N)=NC(C)(c1cccc(C(F)(F)F)c1)C(C=O)c1ccc(C(C)(F)F)cc1. The highest BCUT2D eigenvalue weighted by molar-refractivity contribution is 5.79. The number of guanidine groups is 1. The first kappa shape index (κ1) is 24.3. The second-order valence-corrected chi connectivity index (χ2v) is 7.71. The van der Waals surface area contributed by atoms with Crippen LogP contribution < -0.4 is 5.73 Å². The molecule has 0 aliphatic carbocycles. The Labute approximate surface area is 177 Å². The Kier molecular flexibility index (Phi) is 6.78. The summed E-state index contributed by atoms with van der Waals surface area (Å²) >= 11 is 0. The summed E-state index contributed by atoms with van der Waals surface area (Å²) in [5, 5.41) is 0. The Bertz CT molecular complexity index is 949. The quantitative estimate of drug-likeness (QED) is 0.301. The number of hydrogen-bond acceptors (Lipinski definition) is 2. The van der Waals surface area contributed by atoms with E-state index in [9.17, 15) is 26.7 Å². The molecule has 0 fully saturated rings. The molecule has 2 unspecified atom stereocenters. The fraction of sp³-hybridized carbons (Fsp3) is 0.364. The molecule has 0 bridgehead atoms. The van der Waals surface area contributed by atoms with Gasteiger partial charge in [-0.3, -0.25) is 0 Å². The zero-order valence-electron chi connectivity index (χ0n) is 17.5. The van der Waals surface area contributed by atoms with Crippen molar-refractivity contribution in [3.63, 3.8) is 0 Å². The van der Waals surface area contributed by atoms with Crippen LogP contribution in [0.3, 0.4) is 0 Å². The van der Waals surface area contributed by atoms with Crippen LogP contribution in [0.2, 0.25) is 0 Å². The molecule has 2 aromatic rings. The number of hydrogen-bond donors (Lipinski definition) is 1. The molecule has 9 heteroatoms. The predicted octanol–water partition coefficient (Wildman–Crippen LogP) is 4.89. The van der Waals surface area contributed by atoms with Gasteiger partial charge in [-0.1, -0.05) is 36.4 Å². The third-order valence-corrected chi connectivity index (χ3v) is 5.10. The summed E-state index contributed by atoms with van der Waals surface area (Å²) in [4.78, 5) is 18.0. The lowest BCUT2D eigenvalue weighted by molar-refractivity contribution is -0.137. The van der Waals surface area contributed by atoms with Crippen molar-refractivity contribution in [3.8, 4) is 0 Å². The van der Waals surface area contributed by atoms with E-state index in [0.29, 0.717) is 11.8 Å². The third-order valence-electron chi connectivity index (χ3n) is 5.10. The minimum Gasteiger partial charge on any atom is -0.370 e. The van der Waals surface area contributed by atoms with Gasteiger partial charge in [0.25, 0.3) is 5.92 Å². The molecule has 0 aliphatic heterocycles. The molecule has 31 heavy (non-hydrogen) atoms. The molecule has 2 rings (SSSR count). The maximum Gasteiger partial charge on any atom is 0.416 e. The molecular formula is C22H24F5N3O. The van der Waals surface area contributed by atoms with E-state index in [1.54, 1.807) is 14.1 Å². The zero-order valence-corrected chi connectivity index (χ0v) is 17.5. The summed E-state index contributed by atoms with van der Waals surface area (Å²) < 4.78 is 67.0. The number of aldehydes is 1. The van der Waals surface area contributed by atoms with Crippen molar-refractivity contribution in [1.82, 2.24) is 4.90 Å². The lowest BCUT2D eigenvalue weighted by Gasteiger charge is -2.33. The number of nitrogens with two attached hydrogens (primary N) is 1. The average Bonchev–Trinajstić information content (AvgIpc) is 2.67. The molecular weight excluding hydrogens is 417 g/mol. The van der Waals surface area contributed by atoms with Crippen LogP contribution in [0.1, 0.15) is 42.0 Å². The Morgan fingerprint density at radius 2 is 1.52 bits per heavy atom. The summed E-state index contributed by atoms with van der Waals surface area (Å²) in [7, 11) is 3.19. The van der Waals surface area contributed by atoms with E-state index in [2.05, 4.69) is 4.99 Å². The highest BCUT2D eigenvalue weighted by Crippen LogP contribution is 2.42. The highest BCUT2D eigenvalue weighted by atomic mass is 19.4. The van der Waals surface area contributed by atoms with E-state index in [1.807, 2.05) is 0 Å². The Hall–Kier alpha value is -2.97. The average molecular weight is 441 g/mol. The van der Waals surface area contributed by atoms with Gasteiger partial charge in [0.05, 0.1) is 11.5 Å². The van der Waals surface area contributed by atoms with Crippen molar-refractivity contribution >= 4 is 12.2 Å². The van der Waals surface area contributed by atoms with E-state index >= 15 is 0 Å². The van der Waals surface area contributed by atoms with Gasteiger partial charge in [-0.05, 0) is 30.2 Å². The van der Waals surface area contributed by atoms with Crippen molar-refractivity contribution in [2.75, 3.05) is 14.1 Å². The van der Waals surface area contributed by atoms with Crippen LogP contribution in [0.15, 0.2) is 53.5 Å². The summed E-state index contributed by atoms with van der Waals surface area (Å²) in [6.45, 7) is 2.23. The number of nitrogens with zero attached hydrogens (tertiary/aromatic N) is 2. The predicted molar refractivity (Wildman–Crippen MR) is 109 cm³/mol. The first-order valence-electron chi connectivity index (χ1n) is 9.34. The van der Waals surface area contributed by atoms with Gasteiger partial charge in [-0.2, -0.15) is 13.2 Å². The number of carbonyl (C=O) groups excluding carboxylic acids is 1. The van der Waals surface area contributed by atoms with Crippen molar-refractivity contribution in [2.24, 2.45) is 10.7 Å². The van der Waals surface area contributed by atoms with Crippen LogP contribution in [0.5, 0.6) is 0 Å². The van der Waals surface area contributed by atoms with Crippen LogP contribution in [0.4, 0.5) is 22.0 Å². The molecule has 2 atom stereocenters. The molecule has 0 saturated carbocycles. The molecule has 0 aliphatic rings. The second kappa shape index (κ2) is 8.64. The number of alkyl halides is 5. The van der Waals surface area contributed by atoms with Crippen LogP contribution >= 0.6 is 0 Å². The van der Waals surface area contributed by atoms with Gasteiger partial charge in [0.1, 0.15) is 11.8 Å². The van der Waals surface area contributed by atoms with E-state index < -0.39 is 29.1 Å². The van der Waals surface area contributed by atoms with Crippen molar-refractivity contribution < 1.29 is 26.7 Å². The minimum absolute atomic E-state index is 0.0107. The Balaban J connectivity index is 2.70. The number of benzene rings is 2. The summed E-state index contributed by atoms with van der Waals surface area (Å²) in [5.41, 5.74) is 3.69. The normalized spacial score (nSPS) is 15.8. The molecule has 4 nitrogen and oxygen atoms in total. The number of halogens is 5. The molecule has 0 amide bonds. The molecule has 0 saturated heterocycles. The van der Waals surface area contributed by atoms with Crippen molar-refractivity contribution in [2.45, 2.75) is 37.4 Å². The van der Waals surface area contributed by atoms with Crippen LogP contribution in [-0.4, -0.2) is 31.2 Å². The number of carbonyl (C=O) groups is 1. The minimum atomic E-state index is -4.60. The topological polar surface area (TPSA) is 58.7 Å². The van der Waals surface area contributed by atoms with Crippen molar-refractivity contribution in [1.29, 1.82) is 0 Å². The number of aliphatic imine (C=N–C) groups is 1. The van der Waals surface area contributed by atoms with E-state index in [1.165, 1.54) is 48.2 Å². The Morgan fingerprint density at radius 1 is 0.968 bits per heavy atom. The van der Waals surface area contributed by atoms with Gasteiger partial charge in [-0.25, -0.2) is 13.8 Å². The highest BCUT2D eigenvalue weighted by Gasteiger charge is 2.40. The van der Waals surface area contributed by atoms with Gasteiger partial charge in [0, 0.05) is 26.6 Å². The Morgan fingerprint density at radius 3 is 1.97 bits per heavy atom. The fourth-order valence-corrected chi connectivity index (χ4v) is 3.18. The molecule has 0 heterocycles. The van der Waals surface area contributed by atoms with Crippen molar-refractivity contribution in [3.05, 3.63) is 70.8 Å². The zero-order chi connectivity index (χ0) is 23.6. The van der Waals surface area contributed by atoms with Gasteiger partial charge in [0.2, 0.25) is 0 Å².